The number of hydrogen-bond acceptors (Lipinski definition) is 4. The Morgan fingerprint density at radius 1 is 1.25 bits per heavy atom. The van der Waals surface area contributed by atoms with Gasteiger partial charge in [-0.2, -0.15) is 5.26 Å². The number of carbonyl (C=O) groups is 1. The van der Waals surface area contributed by atoms with E-state index in [9.17, 15) is 10.1 Å². The number of benzene rings is 1. The number of rotatable bonds is 3. The summed E-state index contributed by atoms with van der Waals surface area (Å²) in [5.41, 5.74) is 4.92. The minimum absolute atomic E-state index is 0.126. The molecule has 1 heterocycles. The zero-order chi connectivity index (χ0) is 16.7. The van der Waals surface area contributed by atoms with Gasteiger partial charge in [0, 0.05) is 36.4 Å². The van der Waals surface area contributed by atoms with E-state index in [2.05, 4.69) is 28.2 Å². The van der Waals surface area contributed by atoms with E-state index in [1.54, 1.807) is 12.4 Å². The molecule has 2 aliphatic carbocycles. The van der Waals surface area contributed by atoms with Crippen LogP contribution in [-0.2, 0) is 17.6 Å². The zero-order valence-corrected chi connectivity index (χ0v) is 13.5. The molecule has 0 spiro atoms. The summed E-state index contributed by atoms with van der Waals surface area (Å²) in [6.07, 6.45) is 6.94. The van der Waals surface area contributed by atoms with Gasteiger partial charge in [0.15, 0.2) is 5.78 Å². The van der Waals surface area contributed by atoms with Crippen molar-refractivity contribution in [3.63, 3.8) is 0 Å². The number of hydrogen-bond donors (Lipinski definition) is 0. The number of aryl methyl sites for hydroxylation is 1. The van der Waals surface area contributed by atoms with Crippen LogP contribution in [0.25, 0.3) is 5.57 Å². The Bertz CT molecular complexity index is 899. The van der Waals surface area contributed by atoms with Crippen LogP contribution in [0.3, 0.4) is 0 Å². The van der Waals surface area contributed by atoms with Crippen molar-refractivity contribution in [3.05, 3.63) is 64.2 Å². The monoisotopic (exact) mass is 315 g/mol. The normalized spacial score (nSPS) is 16.8. The van der Waals surface area contributed by atoms with E-state index >= 15 is 0 Å². The molecule has 0 unspecified atom stereocenters. The maximum atomic E-state index is 12.4. The van der Waals surface area contributed by atoms with Crippen LogP contribution in [-0.4, -0.2) is 15.8 Å². The summed E-state index contributed by atoms with van der Waals surface area (Å²) in [6.45, 7) is 2.00. The Hall–Kier alpha value is -2.80. The Morgan fingerprint density at radius 3 is 2.62 bits per heavy atom. The van der Waals surface area contributed by atoms with E-state index < -0.39 is 0 Å². The topological polar surface area (TPSA) is 66.6 Å². The van der Waals surface area contributed by atoms with E-state index in [4.69, 9.17) is 0 Å². The lowest BCUT2D eigenvalue weighted by Gasteiger charge is -2.20. The SMILES string of the molecule is CCc1ncc(C2=C(C#N)C(=O)Cc3ccc(C4CC4)cc32)cn1. The van der Waals surface area contributed by atoms with Crippen LogP contribution in [0.1, 0.15) is 53.8 Å². The molecule has 1 saturated carbocycles. The van der Waals surface area contributed by atoms with Gasteiger partial charge in [-0.15, -0.1) is 0 Å². The van der Waals surface area contributed by atoms with Crippen molar-refractivity contribution < 1.29 is 4.79 Å². The molecule has 118 valence electrons. The summed E-state index contributed by atoms with van der Waals surface area (Å²) < 4.78 is 0. The van der Waals surface area contributed by atoms with Crippen LogP contribution in [0.2, 0.25) is 0 Å². The van der Waals surface area contributed by atoms with Gasteiger partial charge in [-0.25, -0.2) is 9.97 Å². The molecule has 0 N–H and O–H groups in total. The van der Waals surface area contributed by atoms with Crippen molar-refractivity contribution in [3.8, 4) is 6.07 Å². The summed E-state index contributed by atoms with van der Waals surface area (Å²) in [5.74, 6) is 1.25. The fourth-order valence-corrected chi connectivity index (χ4v) is 3.27. The van der Waals surface area contributed by atoms with Crippen molar-refractivity contribution >= 4 is 11.4 Å². The smallest absolute Gasteiger partial charge is 0.178 e. The standard InChI is InChI=1S/C20H17N3O/c1-2-19-22-10-15(11-23-19)20-16-7-13(12-3-4-12)5-6-14(16)8-18(24)17(20)9-21/h5-7,10-12H,2-4,8H2,1H3. The van der Waals surface area contributed by atoms with Crippen LogP contribution in [0.15, 0.2) is 36.2 Å². The van der Waals surface area contributed by atoms with Crippen molar-refractivity contribution in [2.75, 3.05) is 0 Å². The number of allylic oxidation sites excluding steroid dienone is 1. The highest BCUT2D eigenvalue weighted by molar-refractivity contribution is 6.13. The highest BCUT2D eigenvalue weighted by atomic mass is 16.1. The lowest BCUT2D eigenvalue weighted by atomic mass is 9.81. The van der Waals surface area contributed by atoms with Gasteiger partial charge in [0.2, 0.25) is 0 Å². The molecule has 0 aliphatic heterocycles. The third-order valence-electron chi connectivity index (χ3n) is 4.75. The minimum atomic E-state index is -0.126. The number of ketones is 1. The third kappa shape index (κ3) is 2.43. The average molecular weight is 315 g/mol. The molecule has 24 heavy (non-hydrogen) atoms. The van der Waals surface area contributed by atoms with Crippen LogP contribution in [0, 0.1) is 11.3 Å². The Labute approximate surface area is 140 Å². The van der Waals surface area contributed by atoms with Gasteiger partial charge in [0.1, 0.15) is 17.5 Å². The van der Waals surface area contributed by atoms with E-state index in [0.717, 1.165) is 28.9 Å². The van der Waals surface area contributed by atoms with Gasteiger partial charge >= 0.3 is 0 Å². The number of nitrogens with zero attached hydrogens (tertiary/aromatic N) is 3. The maximum Gasteiger partial charge on any atom is 0.178 e. The molecule has 1 fully saturated rings. The third-order valence-corrected chi connectivity index (χ3v) is 4.75. The molecular formula is C20H17N3O. The van der Waals surface area contributed by atoms with Gasteiger partial charge in [-0.3, -0.25) is 4.79 Å². The average Bonchev–Trinajstić information content (AvgIpc) is 3.45. The van der Waals surface area contributed by atoms with Crippen LogP contribution in [0.5, 0.6) is 0 Å². The van der Waals surface area contributed by atoms with Crippen molar-refractivity contribution in [1.82, 2.24) is 9.97 Å². The number of carbonyl (C=O) groups excluding carboxylic acids is 1. The maximum absolute atomic E-state index is 12.4. The van der Waals surface area contributed by atoms with E-state index in [-0.39, 0.29) is 11.4 Å². The van der Waals surface area contributed by atoms with Crippen LogP contribution < -0.4 is 0 Å². The van der Waals surface area contributed by atoms with Gasteiger partial charge in [0.05, 0.1) is 0 Å². The molecule has 0 radical (unpaired) electrons. The number of Topliss-reactive ketones (excluding diaryl/α,β-unsaturated/α-hetero) is 1. The lowest BCUT2D eigenvalue weighted by molar-refractivity contribution is -0.114. The van der Waals surface area contributed by atoms with E-state index in [1.807, 2.05) is 13.0 Å². The van der Waals surface area contributed by atoms with Crippen molar-refractivity contribution in [2.24, 2.45) is 0 Å². The second kappa shape index (κ2) is 5.68. The molecule has 4 heteroatoms. The summed E-state index contributed by atoms with van der Waals surface area (Å²) in [6, 6.07) is 8.42. The molecular weight excluding hydrogens is 298 g/mol. The fraction of sp³-hybridized carbons (Fsp3) is 0.300. The lowest BCUT2D eigenvalue weighted by Crippen LogP contribution is -2.16. The summed E-state index contributed by atoms with van der Waals surface area (Å²) >= 11 is 0. The van der Waals surface area contributed by atoms with E-state index in [0.29, 0.717) is 17.9 Å². The second-order valence-electron chi connectivity index (χ2n) is 6.39. The highest BCUT2D eigenvalue weighted by Crippen LogP contribution is 2.43. The number of aromatic nitrogens is 2. The fourth-order valence-electron chi connectivity index (χ4n) is 3.27. The molecule has 0 saturated heterocycles. The first-order chi connectivity index (χ1) is 11.7. The van der Waals surface area contributed by atoms with Crippen molar-refractivity contribution in [1.29, 1.82) is 5.26 Å². The predicted octanol–water partition coefficient (Wildman–Crippen LogP) is 3.37. The molecule has 0 amide bonds. The Balaban J connectivity index is 1.91. The van der Waals surface area contributed by atoms with Gasteiger partial charge in [-0.05, 0) is 35.4 Å². The summed E-state index contributed by atoms with van der Waals surface area (Å²) in [7, 11) is 0. The van der Waals surface area contributed by atoms with Crippen molar-refractivity contribution in [2.45, 2.75) is 38.5 Å². The minimum Gasteiger partial charge on any atom is -0.293 e. The largest absolute Gasteiger partial charge is 0.293 e. The van der Waals surface area contributed by atoms with E-state index in [1.165, 1.54) is 18.4 Å². The van der Waals surface area contributed by atoms with Crippen LogP contribution >= 0.6 is 0 Å². The van der Waals surface area contributed by atoms with Crippen LogP contribution in [0.4, 0.5) is 0 Å². The quantitative estimate of drug-likeness (QED) is 0.871. The predicted molar refractivity (Wildman–Crippen MR) is 90.2 cm³/mol. The molecule has 4 nitrogen and oxygen atoms in total. The molecule has 4 rings (SSSR count). The number of nitriles is 1. The Morgan fingerprint density at radius 2 is 2.00 bits per heavy atom. The van der Waals surface area contributed by atoms with Gasteiger partial charge < -0.3 is 0 Å². The molecule has 2 aliphatic rings. The van der Waals surface area contributed by atoms with Gasteiger partial charge in [-0.1, -0.05) is 25.1 Å². The summed E-state index contributed by atoms with van der Waals surface area (Å²) in [5, 5.41) is 9.54. The first-order valence-electron chi connectivity index (χ1n) is 8.33. The number of fused-ring (bicyclic) bond motifs is 1. The second-order valence-corrected chi connectivity index (χ2v) is 6.39. The highest BCUT2D eigenvalue weighted by Gasteiger charge is 2.30. The molecule has 1 aromatic carbocycles. The first kappa shape index (κ1) is 14.8. The van der Waals surface area contributed by atoms with Gasteiger partial charge in [0.25, 0.3) is 0 Å². The summed E-state index contributed by atoms with van der Waals surface area (Å²) in [4.78, 5) is 21.1. The zero-order valence-electron chi connectivity index (χ0n) is 13.5. The first-order valence-corrected chi connectivity index (χ1v) is 8.33. The molecule has 2 aromatic rings. The molecule has 1 aromatic heterocycles. The molecule has 0 atom stereocenters. The molecule has 0 bridgehead atoms. The Kier molecular flexibility index (Phi) is 3.50.